The fourth-order valence-electron chi connectivity index (χ4n) is 9.95. The molecule has 0 bridgehead atoms. The SMILES string of the molecule is CC/C=C\C/C=C\C/C=C\C/C=C\C/C=C\C/C=C\C/C=C\CCCCCC(=O)OC(CO)COC(=O)CCCCCCCCCCCCCCCCCCCCCCCCCCCCCCCCCCCCCCCC. The average molecular weight is 1070 g/mol. The van der Waals surface area contributed by atoms with Crippen LogP contribution in [0.15, 0.2) is 85.1 Å². The van der Waals surface area contributed by atoms with Crippen molar-refractivity contribution in [3.8, 4) is 0 Å². The summed E-state index contributed by atoms with van der Waals surface area (Å²) in [4.78, 5) is 24.6. The van der Waals surface area contributed by atoms with Crippen molar-refractivity contribution in [3.05, 3.63) is 85.1 Å². The second kappa shape index (κ2) is 67.4. The maximum Gasteiger partial charge on any atom is 0.306 e. The van der Waals surface area contributed by atoms with Gasteiger partial charge < -0.3 is 14.6 Å². The lowest BCUT2D eigenvalue weighted by Crippen LogP contribution is -2.28. The van der Waals surface area contributed by atoms with Crippen molar-refractivity contribution in [2.24, 2.45) is 0 Å². The summed E-state index contributed by atoms with van der Waals surface area (Å²) < 4.78 is 10.7. The van der Waals surface area contributed by atoms with E-state index in [0.29, 0.717) is 12.8 Å². The number of hydrogen-bond acceptors (Lipinski definition) is 5. The number of ether oxygens (including phenoxy) is 2. The lowest BCUT2D eigenvalue weighted by Gasteiger charge is -2.15. The van der Waals surface area contributed by atoms with Crippen molar-refractivity contribution in [3.63, 3.8) is 0 Å². The Morgan fingerprint density at radius 2 is 0.558 bits per heavy atom. The van der Waals surface area contributed by atoms with E-state index in [4.69, 9.17) is 9.47 Å². The standard InChI is InChI=1S/C72H128O5/c1-3-5-7-9-11-13-15-17-19-21-23-25-27-29-30-31-32-33-34-35-36-37-38-39-40-41-43-44-46-48-50-52-54-56-58-60-62-64-66-71(74)76-69-70(68-73)77-72(75)67-65-63-61-59-57-55-53-51-49-47-45-42-28-26-24-22-20-18-16-14-12-10-8-6-4-2/h6,8,12,14,18,20,24,26,42,45,49,51,55,57,70,73H,3-5,7,9-11,13,15-17,19,21-23,25,27-41,43-44,46-48,50,52-54,56,58-69H2,1-2H3/b8-6-,14-12-,20-18-,26-24-,45-42-,51-49-,57-55-. The molecule has 1 atom stereocenters. The zero-order valence-corrected chi connectivity index (χ0v) is 51.2. The summed E-state index contributed by atoms with van der Waals surface area (Å²) in [6.45, 7) is 4.04. The molecule has 0 spiro atoms. The van der Waals surface area contributed by atoms with Crippen LogP contribution >= 0.6 is 0 Å². The molecule has 0 radical (unpaired) electrons. The quantitative estimate of drug-likeness (QED) is 0.0373. The highest BCUT2D eigenvalue weighted by Crippen LogP contribution is 2.18. The Kier molecular flexibility index (Phi) is 64.8. The van der Waals surface area contributed by atoms with Crippen LogP contribution in [0, 0.1) is 0 Å². The number of hydrogen-bond donors (Lipinski definition) is 1. The molecule has 0 aliphatic heterocycles. The molecule has 0 fully saturated rings. The van der Waals surface area contributed by atoms with Gasteiger partial charge in [0.15, 0.2) is 6.10 Å². The van der Waals surface area contributed by atoms with Crippen LogP contribution < -0.4 is 0 Å². The molecule has 0 amide bonds. The van der Waals surface area contributed by atoms with Gasteiger partial charge in [-0.3, -0.25) is 9.59 Å². The Labute approximate surface area is 479 Å². The van der Waals surface area contributed by atoms with Crippen LogP contribution in [-0.2, 0) is 19.1 Å². The highest BCUT2D eigenvalue weighted by atomic mass is 16.6. The largest absolute Gasteiger partial charge is 0.462 e. The Balaban J connectivity index is 3.45. The van der Waals surface area contributed by atoms with Crippen LogP contribution in [0.3, 0.4) is 0 Å². The van der Waals surface area contributed by atoms with Crippen molar-refractivity contribution in [2.75, 3.05) is 13.2 Å². The van der Waals surface area contributed by atoms with Gasteiger partial charge in [0.2, 0.25) is 0 Å². The van der Waals surface area contributed by atoms with Crippen LogP contribution in [0.4, 0.5) is 0 Å². The summed E-state index contributed by atoms with van der Waals surface area (Å²) in [7, 11) is 0. The fourth-order valence-corrected chi connectivity index (χ4v) is 9.95. The third kappa shape index (κ3) is 65.5. The molecule has 5 nitrogen and oxygen atoms in total. The minimum absolute atomic E-state index is 0.0810. The zero-order chi connectivity index (χ0) is 55.5. The smallest absolute Gasteiger partial charge is 0.306 e. The van der Waals surface area contributed by atoms with E-state index in [1.807, 2.05) is 0 Å². The van der Waals surface area contributed by atoms with E-state index in [0.717, 1.165) is 89.9 Å². The minimum atomic E-state index is -0.795. The molecule has 0 aromatic carbocycles. The van der Waals surface area contributed by atoms with E-state index in [9.17, 15) is 14.7 Å². The number of aliphatic hydroxyl groups is 1. The van der Waals surface area contributed by atoms with Crippen molar-refractivity contribution in [2.45, 2.75) is 347 Å². The van der Waals surface area contributed by atoms with Gasteiger partial charge in [0.25, 0.3) is 0 Å². The number of carbonyl (C=O) groups excluding carboxylic acids is 2. The molecular weight excluding hydrogens is 945 g/mol. The summed E-state index contributed by atoms with van der Waals surface area (Å²) in [5.74, 6) is -0.620. The first-order chi connectivity index (χ1) is 38.1. The number of carbonyl (C=O) groups is 2. The molecule has 0 heterocycles. The molecule has 446 valence electrons. The molecule has 1 N–H and O–H groups in total. The number of esters is 2. The van der Waals surface area contributed by atoms with Gasteiger partial charge in [-0.05, 0) is 70.6 Å². The monoisotopic (exact) mass is 1070 g/mol. The van der Waals surface area contributed by atoms with Crippen molar-refractivity contribution in [1.29, 1.82) is 0 Å². The average Bonchev–Trinajstić information content (AvgIpc) is 3.43. The first-order valence-corrected chi connectivity index (χ1v) is 33.6. The Bertz CT molecular complexity index is 1400. The first-order valence-electron chi connectivity index (χ1n) is 33.6. The molecule has 5 heteroatoms. The molecule has 0 saturated carbocycles. The van der Waals surface area contributed by atoms with E-state index >= 15 is 0 Å². The normalized spacial score (nSPS) is 12.7. The van der Waals surface area contributed by atoms with E-state index in [2.05, 4.69) is 98.9 Å². The topological polar surface area (TPSA) is 72.8 Å². The van der Waals surface area contributed by atoms with Gasteiger partial charge in [0, 0.05) is 12.8 Å². The molecule has 0 aliphatic carbocycles. The highest BCUT2D eigenvalue weighted by molar-refractivity contribution is 5.70. The van der Waals surface area contributed by atoms with Gasteiger partial charge in [0.1, 0.15) is 6.61 Å². The van der Waals surface area contributed by atoms with E-state index in [1.165, 1.54) is 225 Å². The Morgan fingerprint density at radius 3 is 0.844 bits per heavy atom. The Hall–Kier alpha value is -2.92. The first kappa shape index (κ1) is 74.1. The number of allylic oxidation sites excluding steroid dienone is 14. The Morgan fingerprint density at radius 1 is 0.312 bits per heavy atom. The highest BCUT2D eigenvalue weighted by Gasteiger charge is 2.16. The lowest BCUT2D eigenvalue weighted by atomic mass is 10.0. The summed E-state index contributed by atoms with van der Waals surface area (Å²) >= 11 is 0. The van der Waals surface area contributed by atoms with Gasteiger partial charge in [-0.1, -0.05) is 343 Å². The fraction of sp³-hybridized carbons (Fsp3) is 0.778. The molecule has 77 heavy (non-hydrogen) atoms. The summed E-state index contributed by atoms with van der Waals surface area (Å²) in [6, 6.07) is 0. The molecule has 0 aromatic heterocycles. The number of unbranched alkanes of at least 4 members (excludes halogenated alkanes) is 40. The molecule has 0 aliphatic rings. The molecule has 1 unspecified atom stereocenters. The van der Waals surface area contributed by atoms with Gasteiger partial charge in [0.05, 0.1) is 6.61 Å². The van der Waals surface area contributed by atoms with E-state index in [-0.39, 0.29) is 25.2 Å². The minimum Gasteiger partial charge on any atom is -0.462 e. The van der Waals surface area contributed by atoms with E-state index in [1.54, 1.807) is 0 Å². The van der Waals surface area contributed by atoms with E-state index < -0.39 is 6.10 Å². The van der Waals surface area contributed by atoms with Crippen LogP contribution in [0.25, 0.3) is 0 Å². The molecule has 0 rings (SSSR count). The van der Waals surface area contributed by atoms with Crippen LogP contribution in [0.2, 0.25) is 0 Å². The van der Waals surface area contributed by atoms with Gasteiger partial charge in [-0.2, -0.15) is 0 Å². The molecule has 0 aromatic rings. The summed E-state index contributed by atoms with van der Waals surface area (Å²) in [6.07, 6.45) is 94.8. The second-order valence-corrected chi connectivity index (χ2v) is 22.5. The number of rotatable bonds is 62. The predicted molar refractivity (Wildman–Crippen MR) is 339 cm³/mol. The van der Waals surface area contributed by atoms with Gasteiger partial charge in [-0.25, -0.2) is 0 Å². The third-order valence-electron chi connectivity index (χ3n) is 15.0. The van der Waals surface area contributed by atoms with Crippen molar-refractivity contribution < 1.29 is 24.2 Å². The maximum absolute atomic E-state index is 12.3. The second-order valence-electron chi connectivity index (χ2n) is 22.5. The maximum atomic E-state index is 12.3. The lowest BCUT2D eigenvalue weighted by molar-refractivity contribution is -0.161. The van der Waals surface area contributed by atoms with Crippen LogP contribution in [0.5, 0.6) is 0 Å². The number of aliphatic hydroxyl groups excluding tert-OH is 1. The van der Waals surface area contributed by atoms with Gasteiger partial charge in [-0.15, -0.1) is 0 Å². The predicted octanol–water partition coefficient (Wildman–Crippen LogP) is 23.3. The summed E-state index contributed by atoms with van der Waals surface area (Å²) in [5, 5.41) is 9.68. The zero-order valence-electron chi connectivity index (χ0n) is 51.2. The summed E-state index contributed by atoms with van der Waals surface area (Å²) in [5.41, 5.74) is 0. The third-order valence-corrected chi connectivity index (χ3v) is 15.0. The van der Waals surface area contributed by atoms with Crippen molar-refractivity contribution in [1.82, 2.24) is 0 Å². The van der Waals surface area contributed by atoms with Crippen molar-refractivity contribution >= 4 is 11.9 Å². The van der Waals surface area contributed by atoms with Crippen LogP contribution in [-0.4, -0.2) is 36.4 Å². The molecular formula is C72H128O5. The van der Waals surface area contributed by atoms with Gasteiger partial charge >= 0.3 is 11.9 Å². The van der Waals surface area contributed by atoms with Crippen LogP contribution in [0.1, 0.15) is 341 Å². The molecule has 0 saturated heterocycles.